The maximum atomic E-state index is 12.9. The van der Waals surface area contributed by atoms with Crippen LogP contribution in [0.25, 0.3) is 0 Å². The van der Waals surface area contributed by atoms with Crippen molar-refractivity contribution >= 4 is 27.3 Å². The van der Waals surface area contributed by atoms with Gasteiger partial charge in [-0.3, -0.25) is 4.79 Å². The Hall–Kier alpha value is -2.42. The van der Waals surface area contributed by atoms with Crippen LogP contribution in [0.5, 0.6) is 0 Å². The summed E-state index contributed by atoms with van der Waals surface area (Å²) in [5.74, 6) is -0.285. The van der Waals surface area contributed by atoms with Gasteiger partial charge in [0.25, 0.3) is 5.91 Å². The van der Waals surface area contributed by atoms with E-state index in [1.807, 2.05) is 38.1 Å². The van der Waals surface area contributed by atoms with Crippen molar-refractivity contribution in [2.45, 2.75) is 11.8 Å². The Kier molecular flexibility index (Phi) is 6.02. The third-order valence-corrected chi connectivity index (χ3v) is 6.58. The molecule has 0 bridgehead atoms. The zero-order valence-electron chi connectivity index (χ0n) is 16.3. The van der Waals surface area contributed by atoms with E-state index in [1.54, 1.807) is 24.3 Å². The Morgan fingerprint density at radius 1 is 1.11 bits per heavy atom. The Labute approximate surface area is 166 Å². The number of rotatable bonds is 5. The highest BCUT2D eigenvalue weighted by atomic mass is 32.2. The number of sulfonamides is 1. The van der Waals surface area contributed by atoms with Crippen LogP contribution in [0.3, 0.4) is 0 Å². The number of amides is 1. The zero-order chi connectivity index (χ0) is 20.3. The first-order valence-electron chi connectivity index (χ1n) is 9.06. The molecule has 1 N–H and O–H groups in total. The van der Waals surface area contributed by atoms with E-state index in [4.69, 9.17) is 4.74 Å². The van der Waals surface area contributed by atoms with Crippen LogP contribution in [0.15, 0.2) is 47.4 Å². The molecular formula is C20H25N3O4S. The van der Waals surface area contributed by atoms with Crippen molar-refractivity contribution in [2.24, 2.45) is 0 Å². The summed E-state index contributed by atoms with van der Waals surface area (Å²) in [6, 6.07) is 12.1. The van der Waals surface area contributed by atoms with E-state index in [-0.39, 0.29) is 10.8 Å². The molecule has 0 atom stereocenters. The normalized spacial score (nSPS) is 15.2. The second-order valence-electron chi connectivity index (χ2n) is 6.89. The van der Waals surface area contributed by atoms with E-state index >= 15 is 0 Å². The minimum atomic E-state index is -3.62. The third-order valence-electron chi connectivity index (χ3n) is 4.69. The first-order valence-corrected chi connectivity index (χ1v) is 10.5. The van der Waals surface area contributed by atoms with E-state index in [2.05, 4.69) is 5.32 Å². The number of nitrogens with one attached hydrogen (secondary N) is 1. The van der Waals surface area contributed by atoms with E-state index < -0.39 is 10.0 Å². The molecule has 1 aliphatic heterocycles. The van der Waals surface area contributed by atoms with Gasteiger partial charge in [0, 0.05) is 44.1 Å². The van der Waals surface area contributed by atoms with Crippen molar-refractivity contribution < 1.29 is 17.9 Å². The molecule has 2 aromatic carbocycles. The van der Waals surface area contributed by atoms with Crippen LogP contribution in [-0.4, -0.2) is 59.0 Å². The quantitative estimate of drug-likeness (QED) is 0.829. The van der Waals surface area contributed by atoms with E-state index in [0.717, 1.165) is 11.3 Å². The van der Waals surface area contributed by atoms with Crippen molar-refractivity contribution in [3.8, 4) is 0 Å². The summed E-state index contributed by atoms with van der Waals surface area (Å²) in [6.45, 7) is 3.26. The lowest BCUT2D eigenvalue weighted by molar-refractivity contribution is 0.0730. The first-order chi connectivity index (χ1) is 13.3. The predicted octanol–water partition coefficient (Wildman–Crippen LogP) is 2.33. The minimum absolute atomic E-state index is 0.164. The number of morpholine rings is 1. The molecule has 150 valence electrons. The van der Waals surface area contributed by atoms with E-state index in [9.17, 15) is 13.2 Å². The number of benzene rings is 2. The third kappa shape index (κ3) is 4.35. The van der Waals surface area contributed by atoms with Gasteiger partial charge in [0.2, 0.25) is 10.0 Å². The molecule has 1 fully saturated rings. The van der Waals surface area contributed by atoms with E-state index in [0.29, 0.717) is 37.6 Å². The average Bonchev–Trinajstić information content (AvgIpc) is 2.70. The number of carbonyl (C=O) groups excluding carboxylic acids is 1. The second-order valence-corrected chi connectivity index (χ2v) is 8.83. The highest BCUT2D eigenvalue weighted by Crippen LogP contribution is 2.24. The van der Waals surface area contributed by atoms with Crippen molar-refractivity contribution in [3.05, 3.63) is 53.6 Å². The molecule has 1 aliphatic rings. The molecule has 3 rings (SSSR count). The zero-order valence-corrected chi connectivity index (χ0v) is 17.1. The number of hydrogen-bond donors (Lipinski definition) is 1. The van der Waals surface area contributed by atoms with Crippen LogP contribution in [0, 0.1) is 6.92 Å². The number of hydrogen-bond acceptors (Lipinski definition) is 5. The SMILES string of the molecule is Cc1ccc(S(=O)(=O)N2CCOCC2)cc1NC(=O)c1cccc(N(C)C)c1. The highest BCUT2D eigenvalue weighted by Gasteiger charge is 2.27. The Bertz CT molecular complexity index is 967. The Balaban J connectivity index is 1.86. The van der Waals surface area contributed by atoms with Gasteiger partial charge in [-0.15, -0.1) is 0 Å². The number of anilines is 2. The largest absolute Gasteiger partial charge is 0.379 e. The van der Waals surface area contributed by atoms with Crippen molar-refractivity contribution in [1.82, 2.24) is 4.31 Å². The summed E-state index contributed by atoms with van der Waals surface area (Å²) in [5.41, 5.74) is 2.69. The molecule has 1 amide bonds. The van der Waals surface area contributed by atoms with Crippen LogP contribution in [0.4, 0.5) is 11.4 Å². The smallest absolute Gasteiger partial charge is 0.255 e. The van der Waals surface area contributed by atoms with E-state index in [1.165, 1.54) is 10.4 Å². The van der Waals surface area contributed by atoms with Crippen molar-refractivity contribution in [3.63, 3.8) is 0 Å². The van der Waals surface area contributed by atoms with Crippen LogP contribution >= 0.6 is 0 Å². The van der Waals surface area contributed by atoms with Gasteiger partial charge in [0.15, 0.2) is 0 Å². The molecule has 0 radical (unpaired) electrons. The minimum Gasteiger partial charge on any atom is -0.379 e. The topological polar surface area (TPSA) is 79.0 Å². The van der Waals surface area contributed by atoms with Crippen molar-refractivity contribution in [2.75, 3.05) is 50.6 Å². The fraction of sp³-hybridized carbons (Fsp3) is 0.350. The van der Waals surface area contributed by atoms with Gasteiger partial charge in [0.1, 0.15) is 0 Å². The van der Waals surface area contributed by atoms with Gasteiger partial charge < -0.3 is 15.0 Å². The van der Waals surface area contributed by atoms with Gasteiger partial charge in [-0.25, -0.2) is 8.42 Å². The molecular weight excluding hydrogens is 378 g/mol. The predicted molar refractivity (Wildman–Crippen MR) is 109 cm³/mol. The number of aryl methyl sites for hydroxylation is 1. The highest BCUT2D eigenvalue weighted by molar-refractivity contribution is 7.89. The summed E-state index contributed by atoms with van der Waals surface area (Å²) < 4.78 is 32.4. The summed E-state index contributed by atoms with van der Waals surface area (Å²) in [7, 11) is 0.183. The summed E-state index contributed by atoms with van der Waals surface area (Å²) in [5, 5.41) is 2.84. The molecule has 0 saturated carbocycles. The number of nitrogens with zero attached hydrogens (tertiary/aromatic N) is 2. The standard InChI is InChI=1S/C20H25N3O4S/c1-15-7-8-18(28(25,26)23-9-11-27-12-10-23)14-19(15)21-20(24)16-5-4-6-17(13-16)22(2)3/h4-8,13-14H,9-12H2,1-3H3,(H,21,24). The van der Waals surface area contributed by atoms with Gasteiger partial charge in [-0.2, -0.15) is 4.31 Å². The molecule has 0 spiro atoms. The van der Waals surface area contributed by atoms with Crippen LogP contribution < -0.4 is 10.2 Å². The van der Waals surface area contributed by atoms with Gasteiger partial charge in [0.05, 0.1) is 18.1 Å². The first kappa shape index (κ1) is 20.3. The summed E-state index contributed by atoms with van der Waals surface area (Å²) in [4.78, 5) is 14.8. The molecule has 0 aromatic heterocycles. The molecule has 7 nitrogen and oxygen atoms in total. The molecule has 8 heteroatoms. The Morgan fingerprint density at radius 3 is 2.50 bits per heavy atom. The molecule has 28 heavy (non-hydrogen) atoms. The lowest BCUT2D eigenvalue weighted by atomic mass is 10.1. The number of carbonyl (C=O) groups is 1. The maximum absolute atomic E-state index is 12.9. The lowest BCUT2D eigenvalue weighted by Crippen LogP contribution is -2.40. The molecule has 0 unspecified atom stereocenters. The maximum Gasteiger partial charge on any atom is 0.255 e. The molecule has 1 heterocycles. The van der Waals surface area contributed by atoms with Crippen molar-refractivity contribution in [1.29, 1.82) is 0 Å². The lowest BCUT2D eigenvalue weighted by Gasteiger charge is -2.26. The average molecular weight is 404 g/mol. The van der Waals surface area contributed by atoms with Crippen LogP contribution in [0.1, 0.15) is 15.9 Å². The second kappa shape index (κ2) is 8.30. The molecule has 1 saturated heterocycles. The van der Waals surface area contributed by atoms with Gasteiger partial charge in [-0.1, -0.05) is 12.1 Å². The fourth-order valence-electron chi connectivity index (χ4n) is 2.95. The fourth-order valence-corrected chi connectivity index (χ4v) is 4.39. The van der Waals surface area contributed by atoms with Gasteiger partial charge in [-0.05, 0) is 42.8 Å². The van der Waals surface area contributed by atoms with Crippen LogP contribution in [-0.2, 0) is 14.8 Å². The molecule has 0 aliphatic carbocycles. The van der Waals surface area contributed by atoms with Gasteiger partial charge >= 0.3 is 0 Å². The van der Waals surface area contributed by atoms with Crippen LogP contribution in [0.2, 0.25) is 0 Å². The summed E-state index contributed by atoms with van der Waals surface area (Å²) >= 11 is 0. The Morgan fingerprint density at radius 2 is 1.82 bits per heavy atom. The number of ether oxygens (including phenoxy) is 1. The monoisotopic (exact) mass is 403 g/mol. The summed E-state index contributed by atoms with van der Waals surface area (Å²) in [6.07, 6.45) is 0. The molecule has 2 aromatic rings.